The predicted octanol–water partition coefficient (Wildman–Crippen LogP) is 7.16. The molecule has 1 saturated carbocycles. The van der Waals surface area contributed by atoms with Crippen LogP contribution in [0.4, 0.5) is 0 Å². The zero-order valence-corrected chi connectivity index (χ0v) is 20.6. The number of fused-ring (bicyclic) bond motifs is 2. The van der Waals surface area contributed by atoms with Crippen LogP contribution in [0, 0.1) is 19.1 Å². The van der Waals surface area contributed by atoms with Crippen molar-refractivity contribution in [3.63, 3.8) is 0 Å². The molecular formula is C29H26IrN2-2. The number of benzene rings is 2. The molecule has 0 amide bonds. The summed E-state index contributed by atoms with van der Waals surface area (Å²) in [5.41, 5.74) is 8.55. The van der Waals surface area contributed by atoms with E-state index in [1.54, 1.807) is 5.56 Å². The van der Waals surface area contributed by atoms with E-state index in [-0.39, 0.29) is 20.1 Å². The van der Waals surface area contributed by atoms with Crippen molar-refractivity contribution >= 4 is 0 Å². The van der Waals surface area contributed by atoms with Crippen LogP contribution in [0.1, 0.15) is 54.2 Å². The molecule has 0 spiro atoms. The van der Waals surface area contributed by atoms with Gasteiger partial charge in [-0.1, -0.05) is 17.7 Å². The molecule has 2 nitrogen and oxygen atoms in total. The van der Waals surface area contributed by atoms with Crippen molar-refractivity contribution < 1.29 is 20.1 Å². The van der Waals surface area contributed by atoms with E-state index in [4.69, 9.17) is 0 Å². The summed E-state index contributed by atoms with van der Waals surface area (Å²) in [7, 11) is 0. The third-order valence-corrected chi connectivity index (χ3v) is 6.53. The molecule has 0 saturated heterocycles. The number of aromatic nitrogens is 2. The summed E-state index contributed by atoms with van der Waals surface area (Å²) >= 11 is 0. The van der Waals surface area contributed by atoms with Gasteiger partial charge in [-0.05, 0) is 73.0 Å². The van der Waals surface area contributed by atoms with Crippen LogP contribution in [0.2, 0.25) is 0 Å². The summed E-state index contributed by atoms with van der Waals surface area (Å²) in [6.07, 6.45) is 9.43. The Morgan fingerprint density at radius 3 is 2.03 bits per heavy atom. The van der Waals surface area contributed by atoms with Gasteiger partial charge in [-0.2, -0.15) is 0 Å². The van der Waals surface area contributed by atoms with Crippen molar-refractivity contribution in [3.05, 3.63) is 108 Å². The Bertz CT molecular complexity index is 1150. The molecule has 32 heavy (non-hydrogen) atoms. The first kappa shape index (κ1) is 22.6. The molecule has 0 N–H and O–H groups in total. The Balaban J connectivity index is 0.000000157. The molecule has 7 rings (SSSR count). The number of nitrogens with zero attached hydrogens (tertiary/aromatic N) is 2. The Labute approximate surface area is 204 Å². The summed E-state index contributed by atoms with van der Waals surface area (Å²) in [6, 6.07) is 28.8. The molecule has 0 unspecified atom stereocenters. The standard InChI is InChI=1S/C17H16N.C12H10N.Ir/c1-2-4-14(5-3-1)17-10-15-12-6-8-13(9-7-12)16(15)11-18-17;1-10-6-5-9-13-12(10)11-7-3-2-4-8-11;/h1-4,10-13H,6-9H2;2-7,9H,1H3;/q2*-1;. The van der Waals surface area contributed by atoms with Crippen molar-refractivity contribution in [1.29, 1.82) is 0 Å². The first-order valence-corrected chi connectivity index (χ1v) is 11.2. The van der Waals surface area contributed by atoms with Crippen molar-refractivity contribution in [2.24, 2.45) is 0 Å². The molecule has 3 aliphatic carbocycles. The topological polar surface area (TPSA) is 25.8 Å². The van der Waals surface area contributed by atoms with E-state index in [0.717, 1.165) is 34.4 Å². The average molecular weight is 595 g/mol. The van der Waals surface area contributed by atoms with Gasteiger partial charge >= 0.3 is 0 Å². The molecule has 163 valence electrons. The van der Waals surface area contributed by atoms with E-state index in [2.05, 4.69) is 59.5 Å². The van der Waals surface area contributed by atoms with Crippen LogP contribution in [-0.2, 0) is 20.1 Å². The van der Waals surface area contributed by atoms with Gasteiger partial charge in [0.05, 0.1) is 0 Å². The van der Waals surface area contributed by atoms with Gasteiger partial charge < -0.3 is 9.97 Å². The van der Waals surface area contributed by atoms with E-state index in [1.807, 2.05) is 48.7 Å². The van der Waals surface area contributed by atoms with E-state index >= 15 is 0 Å². The molecule has 1 radical (unpaired) electrons. The number of hydrogen-bond donors (Lipinski definition) is 0. The van der Waals surface area contributed by atoms with Gasteiger partial charge in [0.15, 0.2) is 0 Å². The zero-order chi connectivity index (χ0) is 21.0. The maximum absolute atomic E-state index is 4.65. The quantitative estimate of drug-likeness (QED) is 0.230. The largest absolute Gasteiger partial charge is 0.304 e. The predicted molar refractivity (Wildman–Crippen MR) is 126 cm³/mol. The smallest absolute Gasteiger partial charge is 0.0198 e. The summed E-state index contributed by atoms with van der Waals surface area (Å²) in [6.45, 7) is 2.06. The fourth-order valence-electron chi connectivity index (χ4n) is 4.90. The van der Waals surface area contributed by atoms with Crippen LogP contribution in [0.3, 0.4) is 0 Å². The molecule has 1 fully saturated rings. The average Bonchev–Trinajstić information content (AvgIpc) is 2.86. The summed E-state index contributed by atoms with van der Waals surface area (Å²) in [5.74, 6) is 1.57. The Kier molecular flexibility index (Phi) is 7.29. The molecular weight excluding hydrogens is 569 g/mol. The van der Waals surface area contributed by atoms with E-state index in [1.165, 1.54) is 36.8 Å². The number of hydrogen-bond acceptors (Lipinski definition) is 2. The molecule has 2 aromatic carbocycles. The normalized spacial score (nSPS) is 18.0. The SMILES string of the molecule is Cc1cccnc1-c1[c-]cccc1.[Ir].[c-]1ccccc1-c1cc2c(cn1)C1CCC2CC1. The first-order chi connectivity index (χ1) is 15.3. The molecule has 4 aromatic rings. The van der Waals surface area contributed by atoms with E-state index in [0.29, 0.717) is 0 Å². The molecule has 0 aliphatic heterocycles. The van der Waals surface area contributed by atoms with Crippen molar-refractivity contribution in [3.8, 4) is 22.5 Å². The summed E-state index contributed by atoms with van der Waals surface area (Å²) in [4.78, 5) is 8.97. The molecule has 3 aliphatic rings. The summed E-state index contributed by atoms with van der Waals surface area (Å²) < 4.78 is 0. The fourth-order valence-corrected chi connectivity index (χ4v) is 4.90. The van der Waals surface area contributed by atoms with Gasteiger partial charge in [0.2, 0.25) is 0 Å². The maximum atomic E-state index is 4.65. The maximum Gasteiger partial charge on any atom is 0.0198 e. The van der Waals surface area contributed by atoms with Crippen LogP contribution in [0.25, 0.3) is 22.5 Å². The van der Waals surface area contributed by atoms with Crippen molar-refractivity contribution in [1.82, 2.24) is 9.97 Å². The Morgan fingerprint density at radius 1 is 0.750 bits per heavy atom. The second-order valence-electron chi connectivity index (χ2n) is 8.47. The minimum Gasteiger partial charge on any atom is -0.304 e. The number of aryl methyl sites for hydroxylation is 1. The van der Waals surface area contributed by atoms with E-state index < -0.39 is 0 Å². The second-order valence-corrected chi connectivity index (χ2v) is 8.47. The molecule has 0 atom stereocenters. The van der Waals surface area contributed by atoms with Gasteiger partial charge in [0.25, 0.3) is 0 Å². The van der Waals surface area contributed by atoms with Crippen LogP contribution < -0.4 is 0 Å². The Morgan fingerprint density at radius 2 is 1.41 bits per heavy atom. The minimum absolute atomic E-state index is 0. The van der Waals surface area contributed by atoms with Crippen LogP contribution in [0.5, 0.6) is 0 Å². The van der Waals surface area contributed by atoms with Gasteiger partial charge in [-0.25, -0.2) is 0 Å². The van der Waals surface area contributed by atoms with Crippen molar-refractivity contribution in [2.75, 3.05) is 0 Å². The van der Waals surface area contributed by atoms with Gasteiger partial charge in [0, 0.05) is 32.5 Å². The Hall–Kier alpha value is -2.61. The molecule has 3 heteroatoms. The molecule has 2 aromatic heterocycles. The first-order valence-electron chi connectivity index (χ1n) is 11.2. The van der Waals surface area contributed by atoms with Crippen LogP contribution >= 0.6 is 0 Å². The fraction of sp³-hybridized carbons (Fsp3) is 0.241. The van der Waals surface area contributed by atoms with E-state index in [9.17, 15) is 0 Å². The second kappa shape index (κ2) is 10.3. The van der Waals surface area contributed by atoms with Crippen LogP contribution in [0.15, 0.2) is 79.1 Å². The summed E-state index contributed by atoms with van der Waals surface area (Å²) in [5, 5.41) is 0. The zero-order valence-electron chi connectivity index (χ0n) is 18.2. The molecule has 2 heterocycles. The third-order valence-electron chi connectivity index (χ3n) is 6.53. The number of rotatable bonds is 2. The third kappa shape index (κ3) is 4.75. The number of pyridine rings is 2. The van der Waals surface area contributed by atoms with Crippen molar-refractivity contribution in [2.45, 2.75) is 44.4 Å². The molecule has 2 bridgehead atoms. The van der Waals surface area contributed by atoms with Gasteiger partial charge in [0.1, 0.15) is 0 Å². The van der Waals surface area contributed by atoms with Gasteiger partial charge in [-0.3, -0.25) is 0 Å². The monoisotopic (exact) mass is 595 g/mol. The van der Waals surface area contributed by atoms with Crippen LogP contribution in [-0.4, -0.2) is 9.97 Å². The van der Waals surface area contributed by atoms with Gasteiger partial charge in [-0.15, -0.1) is 71.8 Å². The minimum atomic E-state index is 0.